The van der Waals surface area contributed by atoms with Gasteiger partial charge < -0.3 is 21.6 Å². The van der Waals surface area contributed by atoms with Gasteiger partial charge in [-0.2, -0.15) is 8.78 Å². The smallest absolute Gasteiger partial charge is 0.374 e. The Morgan fingerprint density at radius 2 is 1.94 bits per heavy atom. The van der Waals surface area contributed by atoms with Crippen LogP contribution in [-0.4, -0.2) is 56.0 Å². The molecule has 35 heavy (non-hydrogen) atoms. The fraction of sp³-hybridized carbons (Fsp3) is 0.375. The Morgan fingerprint density at radius 3 is 2.49 bits per heavy atom. The first-order chi connectivity index (χ1) is 16.5. The molecule has 0 aliphatic carbocycles. The molecule has 8 nitrogen and oxygen atoms in total. The lowest BCUT2D eigenvalue weighted by molar-refractivity contribution is -0.161. The van der Waals surface area contributed by atoms with Gasteiger partial charge in [-0.25, -0.2) is 9.78 Å². The van der Waals surface area contributed by atoms with Crippen molar-refractivity contribution in [2.75, 3.05) is 24.6 Å². The SMILES string of the molecule is CC(F)(F)C(=O)O.CCSN1CCC(c2c[nH]c3c(C(N)=O)cc(-c4cccc(N)n4)cc23)CC1. The molecule has 0 spiro atoms. The average molecular weight is 506 g/mol. The van der Waals surface area contributed by atoms with E-state index in [9.17, 15) is 18.4 Å². The second-order valence-electron chi connectivity index (χ2n) is 8.32. The van der Waals surface area contributed by atoms with Crippen molar-refractivity contribution in [3.63, 3.8) is 0 Å². The molecule has 11 heteroatoms. The van der Waals surface area contributed by atoms with Gasteiger partial charge in [-0.15, -0.1) is 0 Å². The Morgan fingerprint density at radius 1 is 1.29 bits per heavy atom. The number of carbonyl (C=O) groups excluding carboxylic acids is 1. The van der Waals surface area contributed by atoms with Crippen LogP contribution in [0.4, 0.5) is 14.6 Å². The van der Waals surface area contributed by atoms with Crippen molar-refractivity contribution in [2.24, 2.45) is 5.73 Å². The molecule has 6 N–H and O–H groups in total. The zero-order valence-electron chi connectivity index (χ0n) is 19.6. The molecule has 188 valence electrons. The average Bonchev–Trinajstić information content (AvgIpc) is 3.23. The van der Waals surface area contributed by atoms with Crippen LogP contribution in [-0.2, 0) is 4.79 Å². The number of primary amides is 1. The molecule has 2 aromatic heterocycles. The number of benzene rings is 1. The Hall–Kier alpha value is -3.18. The summed E-state index contributed by atoms with van der Waals surface area (Å²) in [6, 6.07) is 9.41. The van der Waals surface area contributed by atoms with Crippen molar-refractivity contribution >= 4 is 40.5 Å². The van der Waals surface area contributed by atoms with Crippen LogP contribution in [0.2, 0.25) is 0 Å². The number of hydrogen-bond donors (Lipinski definition) is 4. The maximum atomic E-state index is 12.1. The Kier molecular flexibility index (Phi) is 8.34. The Balaban J connectivity index is 0.000000429. The number of aromatic nitrogens is 2. The summed E-state index contributed by atoms with van der Waals surface area (Å²) in [5.74, 6) is -4.10. The van der Waals surface area contributed by atoms with Gasteiger partial charge in [0.15, 0.2) is 0 Å². The summed E-state index contributed by atoms with van der Waals surface area (Å²) >= 11 is 1.91. The number of alkyl halides is 2. The van der Waals surface area contributed by atoms with Gasteiger partial charge in [-0.1, -0.05) is 24.9 Å². The molecule has 1 fully saturated rings. The number of nitrogens with one attached hydrogen (secondary N) is 1. The highest BCUT2D eigenvalue weighted by atomic mass is 32.2. The number of amides is 1. The zero-order valence-corrected chi connectivity index (χ0v) is 20.4. The van der Waals surface area contributed by atoms with E-state index < -0.39 is 17.8 Å². The van der Waals surface area contributed by atoms with Crippen LogP contribution in [0, 0.1) is 0 Å². The highest BCUT2D eigenvalue weighted by Gasteiger charge is 2.31. The maximum Gasteiger partial charge on any atom is 0.374 e. The standard InChI is InChI=1S/C21H25N5OS.C3H4F2O2/c1-2-28-26-8-6-13(7-9-26)17-12-24-20-15(17)10-14(11-16(20)21(23)27)18-4-3-5-19(22)25-18;1-3(4,5)2(6)7/h3-5,10-13,24H,2,6-9H2,1H3,(H2,22,25)(H2,23,27);1H3,(H,6,7). The van der Waals surface area contributed by atoms with E-state index in [4.69, 9.17) is 16.6 Å². The number of pyridine rings is 1. The number of H-pyrrole nitrogens is 1. The minimum Gasteiger partial charge on any atom is -0.477 e. The lowest BCUT2D eigenvalue weighted by Crippen LogP contribution is -2.27. The fourth-order valence-electron chi connectivity index (χ4n) is 4.02. The third kappa shape index (κ3) is 6.49. The number of nitrogen functional groups attached to an aromatic ring is 1. The third-order valence-corrected chi connectivity index (χ3v) is 6.72. The molecule has 0 saturated carbocycles. The van der Waals surface area contributed by atoms with E-state index in [1.54, 1.807) is 12.1 Å². The van der Waals surface area contributed by atoms with Crippen molar-refractivity contribution in [1.29, 1.82) is 0 Å². The molecule has 1 aliphatic rings. The monoisotopic (exact) mass is 505 g/mol. The van der Waals surface area contributed by atoms with Gasteiger partial charge in [0.1, 0.15) is 5.82 Å². The van der Waals surface area contributed by atoms with Crippen molar-refractivity contribution in [2.45, 2.75) is 38.5 Å². The van der Waals surface area contributed by atoms with Gasteiger partial charge >= 0.3 is 11.9 Å². The molecule has 0 radical (unpaired) electrons. The number of carbonyl (C=O) groups is 2. The highest BCUT2D eigenvalue weighted by molar-refractivity contribution is 7.96. The molecular formula is C24H29F2N5O3S. The summed E-state index contributed by atoms with van der Waals surface area (Å²) in [5, 5.41) is 8.55. The van der Waals surface area contributed by atoms with E-state index in [0.29, 0.717) is 24.2 Å². The molecule has 0 unspecified atom stereocenters. The van der Waals surface area contributed by atoms with Gasteiger partial charge in [0, 0.05) is 42.9 Å². The van der Waals surface area contributed by atoms with Crippen molar-refractivity contribution in [1.82, 2.24) is 14.3 Å². The largest absolute Gasteiger partial charge is 0.477 e. The molecule has 3 aromatic rings. The molecule has 0 bridgehead atoms. The zero-order chi connectivity index (χ0) is 25.8. The van der Waals surface area contributed by atoms with Gasteiger partial charge in [0.05, 0.1) is 16.8 Å². The number of fused-ring (bicyclic) bond motifs is 1. The van der Waals surface area contributed by atoms with Crippen LogP contribution in [0.3, 0.4) is 0 Å². The highest BCUT2D eigenvalue weighted by Crippen LogP contribution is 2.37. The molecule has 3 heterocycles. The first-order valence-corrected chi connectivity index (χ1v) is 12.1. The summed E-state index contributed by atoms with van der Waals surface area (Å²) in [7, 11) is 0. The van der Waals surface area contributed by atoms with Crippen LogP contribution in [0.1, 0.15) is 48.5 Å². The molecule has 4 rings (SSSR count). The second kappa shape index (κ2) is 11.0. The molecule has 1 aromatic carbocycles. The van der Waals surface area contributed by atoms with Crippen LogP contribution in [0.5, 0.6) is 0 Å². The first kappa shape index (κ1) is 26.4. The first-order valence-electron chi connectivity index (χ1n) is 11.2. The second-order valence-corrected chi connectivity index (χ2v) is 9.67. The summed E-state index contributed by atoms with van der Waals surface area (Å²) in [6.07, 6.45) is 4.25. The van der Waals surface area contributed by atoms with Crippen LogP contribution in [0.25, 0.3) is 22.2 Å². The number of anilines is 1. The predicted molar refractivity (Wildman–Crippen MR) is 134 cm³/mol. The number of carboxylic acid groups (broad SMARTS) is 1. The fourth-order valence-corrected chi connectivity index (χ4v) is 4.86. The number of piperidine rings is 1. The normalized spacial score (nSPS) is 15.0. The minimum absolute atomic E-state index is 0.329. The number of aromatic amines is 1. The van der Waals surface area contributed by atoms with Crippen molar-refractivity contribution in [3.8, 4) is 11.3 Å². The lowest BCUT2D eigenvalue weighted by Gasteiger charge is -2.30. The molecule has 1 aliphatic heterocycles. The Bertz CT molecular complexity index is 1200. The number of aliphatic carboxylic acids is 1. The summed E-state index contributed by atoms with van der Waals surface area (Å²) in [4.78, 5) is 29.1. The summed E-state index contributed by atoms with van der Waals surface area (Å²) < 4.78 is 24.9. The number of carboxylic acids is 1. The third-order valence-electron chi connectivity index (χ3n) is 5.73. The molecule has 1 saturated heterocycles. The Labute approximate surface area is 206 Å². The molecule has 1 amide bonds. The molecular weight excluding hydrogens is 476 g/mol. The van der Waals surface area contributed by atoms with Crippen LogP contribution in [0.15, 0.2) is 36.5 Å². The van der Waals surface area contributed by atoms with Gasteiger partial charge in [-0.3, -0.25) is 9.10 Å². The topological polar surface area (TPSA) is 138 Å². The number of nitrogens with zero attached hydrogens (tertiary/aromatic N) is 2. The van der Waals surface area contributed by atoms with E-state index in [1.165, 1.54) is 5.56 Å². The van der Waals surface area contributed by atoms with Gasteiger partial charge in [-0.05, 0) is 48.6 Å². The quantitative estimate of drug-likeness (QED) is 0.362. The van der Waals surface area contributed by atoms with Crippen LogP contribution < -0.4 is 11.5 Å². The van der Waals surface area contributed by atoms with Crippen molar-refractivity contribution in [3.05, 3.63) is 47.7 Å². The lowest BCUT2D eigenvalue weighted by atomic mass is 9.89. The number of halogens is 2. The summed E-state index contributed by atoms with van der Waals surface area (Å²) in [5.41, 5.74) is 15.7. The van der Waals surface area contributed by atoms with Gasteiger partial charge in [0.25, 0.3) is 5.91 Å². The van der Waals surface area contributed by atoms with Gasteiger partial charge in [0.2, 0.25) is 0 Å². The minimum atomic E-state index is -3.58. The van der Waals surface area contributed by atoms with Crippen LogP contribution >= 0.6 is 11.9 Å². The van der Waals surface area contributed by atoms with E-state index in [2.05, 4.69) is 27.3 Å². The van der Waals surface area contributed by atoms with E-state index in [1.807, 2.05) is 30.3 Å². The van der Waals surface area contributed by atoms with E-state index in [-0.39, 0.29) is 0 Å². The maximum absolute atomic E-state index is 12.1. The number of nitrogens with two attached hydrogens (primary N) is 2. The predicted octanol–water partition coefficient (Wildman–Crippen LogP) is 4.48. The van der Waals surface area contributed by atoms with E-state index >= 15 is 0 Å². The van der Waals surface area contributed by atoms with E-state index in [0.717, 1.165) is 53.8 Å². The number of rotatable bonds is 6. The number of hydrogen-bond acceptors (Lipinski definition) is 6. The summed E-state index contributed by atoms with van der Waals surface area (Å²) in [6.45, 7) is 4.67. The molecule has 0 atom stereocenters. The van der Waals surface area contributed by atoms with Crippen molar-refractivity contribution < 1.29 is 23.5 Å².